The van der Waals surface area contributed by atoms with E-state index in [0.717, 1.165) is 16.5 Å². The van der Waals surface area contributed by atoms with Crippen molar-refractivity contribution in [1.29, 1.82) is 0 Å². The van der Waals surface area contributed by atoms with Crippen LogP contribution in [0.15, 0.2) is 30.5 Å². The van der Waals surface area contributed by atoms with Crippen LogP contribution >= 0.6 is 0 Å². The van der Waals surface area contributed by atoms with E-state index in [1.54, 1.807) is 0 Å². The highest BCUT2D eigenvalue weighted by molar-refractivity contribution is 6.06. The Morgan fingerprint density at radius 2 is 2.29 bits per heavy atom. The molecule has 14 heavy (non-hydrogen) atoms. The third-order valence-electron chi connectivity index (χ3n) is 2.18. The molecule has 0 spiro atoms. The zero-order valence-electron chi connectivity index (χ0n) is 8.00. The molecule has 72 valence electrons. The summed E-state index contributed by atoms with van der Waals surface area (Å²) >= 11 is 0. The number of carbonyl (C=O) groups excluding carboxylic acids is 1. The summed E-state index contributed by atoms with van der Waals surface area (Å²) < 4.78 is 0. The molecule has 0 radical (unpaired) electrons. The maximum Gasteiger partial charge on any atom is 0.251 e. The van der Waals surface area contributed by atoms with E-state index < -0.39 is 0 Å². The average Bonchev–Trinajstić information content (AvgIpc) is 2.65. The van der Waals surface area contributed by atoms with E-state index >= 15 is 0 Å². The third kappa shape index (κ3) is 1.37. The van der Waals surface area contributed by atoms with Gasteiger partial charge in [0.25, 0.3) is 5.91 Å². The molecule has 2 N–H and O–H groups in total. The van der Waals surface area contributed by atoms with Crippen LogP contribution in [0.2, 0.25) is 0 Å². The molecule has 0 aliphatic rings. The summed E-state index contributed by atoms with van der Waals surface area (Å²) in [6.45, 7) is 2.56. The van der Waals surface area contributed by atoms with Crippen LogP contribution in [0.4, 0.5) is 0 Å². The van der Waals surface area contributed by atoms with Crippen LogP contribution in [0.5, 0.6) is 0 Å². The lowest BCUT2D eigenvalue weighted by Gasteiger charge is -2.02. The number of fused-ring (bicyclic) bond motifs is 1. The standard InChI is InChI=1S/C11H12N2O/c1-2-12-11(14)9-4-3-5-10-8(9)6-7-13-10/h3-7,13H,2H2,1H3,(H,12,14). The second-order valence-electron chi connectivity index (χ2n) is 3.10. The predicted octanol–water partition coefficient (Wildman–Crippen LogP) is 1.92. The number of benzene rings is 1. The lowest BCUT2D eigenvalue weighted by atomic mass is 10.1. The van der Waals surface area contributed by atoms with Gasteiger partial charge in [-0.1, -0.05) is 6.07 Å². The fraction of sp³-hybridized carbons (Fsp3) is 0.182. The van der Waals surface area contributed by atoms with E-state index in [4.69, 9.17) is 0 Å². The SMILES string of the molecule is CCNC(=O)c1cccc2[nH]ccc12. The van der Waals surface area contributed by atoms with E-state index in [-0.39, 0.29) is 5.91 Å². The quantitative estimate of drug-likeness (QED) is 0.743. The largest absolute Gasteiger partial charge is 0.361 e. The van der Waals surface area contributed by atoms with Crippen LogP contribution in [-0.4, -0.2) is 17.4 Å². The molecule has 2 rings (SSSR count). The summed E-state index contributed by atoms with van der Waals surface area (Å²) in [4.78, 5) is 14.7. The lowest BCUT2D eigenvalue weighted by Crippen LogP contribution is -2.22. The van der Waals surface area contributed by atoms with Gasteiger partial charge < -0.3 is 10.3 Å². The van der Waals surface area contributed by atoms with Crippen LogP contribution in [-0.2, 0) is 0 Å². The van der Waals surface area contributed by atoms with Crippen LogP contribution < -0.4 is 5.32 Å². The highest BCUT2D eigenvalue weighted by Gasteiger charge is 2.08. The summed E-state index contributed by atoms with van der Waals surface area (Å²) in [5.74, 6) is -0.0160. The van der Waals surface area contributed by atoms with Crippen LogP contribution in [0.1, 0.15) is 17.3 Å². The van der Waals surface area contributed by atoms with Crippen molar-refractivity contribution in [2.24, 2.45) is 0 Å². The number of rotatable bonds is 2. The Labute approximate surface area is 82.1 Å². The Bertz CT molecular complexity index is 459. The molecule has 1 aromatic heterocycles. The van der Waals surface area contributed by atoms with Gasteiger partial charge in [-0.25, -0.2) is 0 Å². The van der Waals surface area contributed by atoms with E-state index in [9.17, 15) is 4.79 Å². The fourth-order valence-electron chi connectivity index (χ4n) is 1.54. The average molecular weight is 188 g/mol. The molecule has 1 amide bonds. The van der Waals surface area contributed by atoms with Gasteiger partial charge in [-0.05, 0) is 25.1 Å². The minimum Gasteiger partial charge on any atom is -0.361 e. The second-order valence-corrected chi connectivity index (χ2v) is 3.10. The maximum atomic E-state index is 11.6. The molecule has 3 heteroatoms. The fourth-order valence-corrected chi connectivity index (χ4v) is 1.54. The molecular formula is C11H12N2O. The van der Waals surface area contributed by atoms with E-state index in [1.165, 1.54) is 0 Å². The van der Waals surface area contributed by atoms with E-state index in [1.807, 2.05) is 37.4 Å². The summed E-state index contributed by atoms with van der Waals surface area (Å²) in [7, 11) is 0. The Balaban J connectivity index is 2.50. The Morgan fingerprint density at radius 1 is 1.43 bits per heavy atom. The second kappa shape index (κ2) is 3.54. The first-order chi connectivity index (χ1) is 6.83. The maximum absolute atomic E-state index is 11.6. The summed E-state index contributed by atoms with van der Waals surface area (Å²) in [5.41, 5.74) is 1.72. The van der Waals surface area contributed by atoms with Gasteiger partial charge in [0.1, 0.15) is 0 Å². The van der Waals surface area contributed by atoms with Gasteiger partial charge >= 0.3 is 0 Å². The highest BCUT2D eigenvalue weighted by atomic mass is 16.1. The number of aromatic amines is 1. The molecule has 1 heterocycles. The Morgan fingerprint density at radius 3 is 3.07 bits per heavy atom. The third-order valence-corrected chi connectivity index (χ3v) is 2.18. The first-order valence-corrected chi connectivity index (χ1v) is 4.67. The number of amides is 1. The molecule has 0 saturated carbocycles. The first-order valence-electron chi connectivity index (χ1n) is 4.67. The van der Waals surface area contributed by atoms with Crippen molar-refractivity contribution < 1.29 is 4.79 Å². The van der Waals surface area contributed by atoms with Gasteiger partial charge in [-0.15, -0.1) is 0 Å². The van der Waals surface area contributed by atoms with Crippen LogP contribution in [0, 0.1) is 0 Å². The minimum absolute atomic E-state index is 0.0160. The summed E-state index contributed by atoms with van der Waals surface area (Å²) in [6.07, 6.45) is 1.84. The van der Waals surface area contributed by atoms with Crippen molar-refractivity contribution in [3.8, 4) is 0 Å². The number of hydrogen-bond acceptors (Lipinski definition) is 1. The zero-order chi connectivity index (χ0) is 9.97. The number of H-pyrrole nitrogens is 1. The van der Waals surface area contributed by atoms with Crippen molar-refractivity contribution in [2.75, 3.05) is 6.54 Å². The molecule has 0 aliphatic heterocycles. The minimum atomic E-state index is -0.0160. The van der Waals surface area contributed by atoms with Crippen molar-refractivity contribution in [2.45, 2.75) is 6.92 Å². The topological polar surface area (TPSA) is 44.9 Å². The predicted molar refractivity (Wildman–Crippen MR) is 56.3 cm³/mol. The van der Waals surface area contributed by atoms with Crippen LogP contribution in [0.25, 0.3) is 10.9 Å². The van der Waals surface area contributed by atoms with Gasteiger partial charge in [-0.2, -0.15) is 0 Å². The molecule has 0 saturated heterocycles. The number of nitrogens with one attached hydrogen (secondary N) is 2. The van der Waals surface area contributed by atoms with Gasteiger partial charge in [0.05, 0.1) is 0 Å². The van der Waals surface area contributed by atoms with E-state index in [0.29, 0.717) is 6.54 Å². The molecule has 0 fully saturated rings. The highest BCUT2D eigenvalue weighted by Crippen LogP contribution is 2.16. The van der Waals surface area contributed by atoms with Crippen molar-refractivity contribution in [1.82, 2.24) is 10.3 Å². The zero-order valence-corrected chi connectivity index (χ0v) is 8.00. The monoisotopic (exact) mass is 188 g/mol. The van der Waals surface area contributed by atoms with E-state index in [2.05, 4.69) is 10.3 Å². The van der Waals surface area contributed by atoms with Crippen molar-refractivity contribution in [3.63, 3.8) is 0 Å². The Kier molecular flexibility index (Phi) is 2.23. The van der Waals surface area contributed by atoms with Gasteiger partial charge in [-0.3, -0.25) is 4.79 Å². The summed E-state index contributed by atoms with van der Waals surface area (Å²) in [5, 5.41) is 3.76. The Hall–Kier alpha value is -1.77. The van der Waals surface area contributed by atoms with Crippen LogP contribution in [0.3, 0.4) is 0 Å². The van der Waals surface area contributed by atoms with Gasteiger partial charge in [0, 0.05) is 29.2 Å². The number of carbonyl (C=O) groups is 1. The molecule has 0 aliphatic carbocycles. The van der Waals surface area contributed by atoms with Crippen molar-refractivity contribution in [3.05, 3.63) is 36.0 Å². The lowest BCUT2D eigenvalue weighted by molar-refractivity contribution is 0.0957. The van der Waals surface area contributed by atoms with Crippen molar-refractivity contribution >= 4 is 16.8 Å². The molecule has 1 aromatic carbocycles. The number of aromatic nitrogens is 1. The summed E-state index contributed by atoms with van der Waals surface area (Å²) in [6, 6.07) is 7.59. The molecule has 0 unspecified atom stereocenters. The number of hydrogen-bond donors (Lipinski definition) is 2. The molecular weight excluding hydrogens is 176 g/mol. The molecule has 2 aromatic rings. The van der Waals surface area contributed by atoms with Gasteiger partial charge in [0.2, 0.25) is 0 Å². The molecule has 0 atom stereocenters. The normalized spacial score (nSPS) is 10.4. The first kappa shape index (κ1) is 8.81. The smallest absolute Gasteiger partial charge is 0.251 e. The molecule has 3 nitrogen and oxygen atoms in total. The van der Waals surface area contributed by atoms with Gasteiger partial charge in [0.15, 0.2) is 0 Å². The molecule has 0 bridgehead atoms.